The second-order valence-electron chi connectivity index (χ2n) is 5.33. The predicted octanol–water partition coefficient (Wildman–Crippen LogP) is 1.58. The van der Waals surface area contributed by atoms with Crippen molar-refractivity contribution in [1.82, 2.24) is 10.6 Å². The minimum Gasteiger partial charge on any atom is -0.508 e. The summed E-state index contributed by atoms with van der Waals surface area (Å²) in [6, 6.07) is 13.4. The van der Waals surface area contributed by atoms with Gasteiger partial charge in [0, 0.05) is 31.1 Å². The molecule has 0 bridgehead atoms. The Bertz CT molecular complexity index is 681. The first-order valence-electron chi connectivity index (χ1n) is 7.66. The lowest BCUT2D eigenvalue weighted by Crippen LogP contribution is -2.34. The molecule has 6 heteroatoms. The van der Waals surface area contributed by atoms with E-state index in [-0.39, 0.29) is 29.5 Å². The van der Waals surface area contributed by atoms with E-state index in [2.05, 4.69) is 10.6 Å². The molecule has 2 amide bonds. The van der Waals surface area contributed by atoms with Crippen LogP contribution >= 0.6 is 0 Å². The second kappa shape index (κ2) is 8.57. The van der Waals surface area contributed by atoms with Gasteiger partial charge in [-0.3, -0.25) is 9.59 Å². The molecule has 2 rings (SSSR count). The number of aryl methyl sites for hydroxylation is 1. The fraction of sp³-hybridized carbons (Fsp3) is 0.222. The highest BCUT2D eigenvalue weighted by Gasteiger charge is 2.08. The molecule has 0 radical (unpaired) electrons. The molecule has 0 heterocycles. The van der Waals surface area contributed by atoms with Crippen molar-refractivity contribution in [3.05, 3.63) is 59.7 Å². The Labute approximate surface area is 140 Å². The lowest BCUT2D eigenvalue weighted by molar-refractivity contribution is -0.121. The van der Waals surface area contributed by atoms with Crippen molar-refractivity contribution in [3.8, 4) is 11.5 Å². The topological polar surface area (TPSA) is 98.7 Å². The van der Waals surface area contributed by atoms with E-state index in [1.54, 1.807) is 0 Å². The summed E-state index contributed by atoms with van der Waals surface area (Å²) in [5, 5.41) is 24.0. The molecule has 0 fully saturated rings. The Kier molecular flexibility index (Phi) is 6.19. The largest absolute Gasteiger partial charge is 0.508 e. The Morgan fingerprint density at radius 3 is 2.17 bits per heavy atom. The first-order chi connectivity index (χ1) is 11.5. The van der Waals surface area contributed by atoms with E-state index in [9.17, 15) is 19.8 Å². The van der Waals surface area contributed by atoms with Gasteiger partial charge in [0.05, 0.1) is 0 Å². The standard InChI is InChI=1S/C18H20N2O4/c21-15-10-14(11-16(22)12-15)18(24)20-9-8-19-17(23)7-6-13-4-2-1-3-5-13/h1-5,10-12,21-22H,6-9H2,(H,19,23)(H,20,24). The number of benzene rings is 2. The van der Waals surface area contributed by atoms with Gasteiger partial charge in [-0.1, -0.05) is 30.3 Å². The van der Waals surface area contributed by atoms with E-state index in [4.69, 9.17) is 0 Å². The second-order valence-corrected chi connectivity index (χ2v) is 5.33. The quantitative estimate of drug-likeness (QED) is 0.580. The van der Waals surface area contributed by atoms with E-state index in [0.717, 1.165) is 11.6 Å². The minimum atomic E-state index is -0.431. The number of carbonyl (C=O) groups is 2. The number of amides is 2. The van der Waals surface area contributed by atoms with Crippen molar-refractivity contribution in [2.24, 2.45) is 0 Å². The zero-order chi connectivity index (χ0) is 17.4. The molecule has 0 aliphatic heterocycles. The number of phenols is 2. The van der Waals surface area contributed by atoms with E-state index in [0.29, 0.717) is 19.4 Å². The van der Waals surface area contributed by atoms with Crippen LogP contribution in [0.3, 0.4) is 0 Å². The number of phenolic OH excluding ortho intramolecular Hbond substituents is 2. The van der Waals surface area contributed by atoms with Crippen LogP contribution in [-0.2, 0) is 11.2 Å². The molecular weight excluding hydrogens is 308 g/mol. The summed E-state index contributed by atoms with van der Waals surface area (Å²) >= 11 is 0. The molecule has 0 unspecified atom stereocenters. The van der Waals surface area contributed by atoms with Crippen LogP contribution in [0.5, 0.6) is 11.5 Å². The van der Waals surface area contributed by atoms with Gasteiger partial charge in [0.15, 0.2) is 0 Å². The molecule has 0 aliphatic rings. The fourth-order valence-corrected chi connectivity index (χ4v) is 2.20. The summed E-state index contributed by atoms with van der Waals surface area (Å²) in [4.78, 5) is 23.6. The number of nitrogens with one attached hydrogen (secondary N) is 2. The lowest BCUT2D eigenvalue weighted by atomic mass is 10.1. The van der Waals surface area contributed by atoms with Gasteiger partial charge in [0.1, 0.15) is 11.5 Å². The van der Waals surface area contributed by atoms with E-state index in [1.165, 1.54) is 12.1 Å². The average Bonchev–Trinajstić information content (AvgIpc) is 2.56. The maximum Gasteiger partial charge on any atom is 0.251 e. The summed E-state index contributed by atoms with van der Waals surface area (Å²) in [5.41, 5.74) is 1.26. The summed E-state index contributed by atoms with van der Waals surface area (Å²) < 4.78 is 0. The molecule has 4 N–H and O–H groups in total. The zero-order valence-corrected chi connectivity index (χ0v) is 13.2. The van der Waals surface area contributed by atoms with Crippen molar-refractivity contribution >= 4 is 11.8 Å². The highest BCUT2D eigenvalue weighted by Crippen LogP contribution is 2.20. The van der Waals surface area contributed by atoms with Crippen LogP contribution < -0.4 is 10.6 Å². The van der Waals surface area contributed by atoms with Gasteiger partial charge in [0.2, 0.25) is 5.91 Å². The van der Waals surface area contributed by atoms with Crippen LogP contribution in [0.15, 0.2) is 48.5 Å². The van der Waals surface area contributed by atoms with Crippen molar-refractivity contribution in [2.75, 3.05) is 13.1 Å². The van der Waals surface area contributed by atoms with Crippen molar-refractivity contribution in [3.63, 3.8) is 0 Å². The normalized spacial score (nSPS) is 10.2. The minimum absolute atomic E-state index is 0.0805. The van der Waals surface area contributed by atoms with Gasteiger partial charge < -0.3 is 20.8 Å². The number of hydrogen-bond acceptors (Lipinski definition) is 4. The molecule has 2 aromatic carbocycles. The van der Waals surface area contributed by atoms with Gasteiger partial charge in [-0.25, -0.2) is 0 Å². The van der Waals surface area contributed by atoms with Crippen LogP contribution in [0.1, 0.15) is 22.3 Å². The number of hydrogen-bond donors (Lipinski definition) is 4. The molecule has 2 aromatic rings. The smallest absolute Gasteiger partial charge is 0.251 e. The van der Waals surface area contributed by atoms with Gasteiger partial charge in [-0.05, 0) is 24.1 Å². The van der Waals surface area contributed by atoms with Crippen LogP contribution in [0.4, 0.5) is 0 Å². The van der Waals surface area contributed by atoms with E-state index >= 15 is 0 Å². The van der Waals surface area contributed by atoms with Gasteiger partial charge in [-0.2, -0.15) is 0 Å². The molecule has 0 aliphatic carbocycles. The zero-order valence-electron chi connectivity index (χ0n) is 13.2. The summed E-state index contributed by atoms with van der Waals surface area (Å²) in [6.45, 7) is 0.566. The Balaban J connectivity index is 1.67. The number of rotatable bonds is 7. The third kappa shape index (κ3) is 5.64. The third-order valence-electron chi connectivity index (χ3n) is 3.38. The molecule has 0 saturated heterocycles. The Morgan fingerprint density at radius 1 is 0.875 bits per heavy atom. The summed E-state index contributed by atoms with van der Waals surface area (Å²) in [7, 11) is 0. The monoisotopic (exact) mass is 328 g/mol. The molecular formula is C18H20N2O4. The highest BCUT2D eigenvalue weighted by atomic mass is 16.3. The SMILES string of the molecule is O=C(CCc1ccccc1)NCCNC(=O)c1cc(O)cc(O)c1. The molecule has 24 heavy (non-hydrogen) atoms. The van der Waals surface area contributed by atoms with Crippen molar-refractivity contribution in [2.45, 2.75) is 12.8 Å². The summed E-state index contributed by atoms with van der Waals surface area (Å²) in [6.07, 6.45) is 1.06. The number of carbonyl (C=O) groups excluding carboxylic acids is 2. The fourth-order valence-electron chi connectivity index (χ4n) is 2.20. The van der Waals surface area contributed by atoms with Gasteiger partial charge in [0.25, 0.3) is 5.91 Å². The van der Waals surface area contributed by atoms with Crippen molar-refractivity contribution in [1.29, 1.82) is 0 Å². The van der Waals surface area contributed by atoms with Crippen molar-refractivity contribution < 1.29 is 19.8 Å². The van der Waals surface area contributed by atoms with Gasteiger partial charge in [-0.15, -0.1) is 0 Å². The van der Waals surface area contributed by atoms with Crippen LogP contribution in [0, 0.1) is 0 Å². The highest BCUT2D eigenvalue weighted by molar-refractivity contribution is 5.95. The molecule has 0 spiro atoms. The van der Waals surface area contributed by atoms with E-state index < -0.39 is 5.91 Å². The average molecular weight is 328 g/mol. The molecule has 126 valence electrons. The first-order valence-corrected chi connectivity index (χ1v) is 7.66. The van der Waals surface area contributed by atoms with E-state index in [1.807, 2.05) is 30.3 Å². The first kappa shape index (κ1) is 17.3. The third-order valence-corrected chi connectivity index (χ3v) is 3.38. The molecule has 0 saturated carbocycles. The predicted molar refractivity (Wildman–Crippen MR) is 89.9 cm³/mol. The maximum atomic E-state index is 11.9. The maximum absolute atomic E-state index is 11.9. The molecule has 6 nitrogen and oxygen atoms in total. The number of aromatic hydroxyl groups is 2. The van der Waals surface area contributed by atoms with Crippen LogP contribution in [0.25, 0.3) is 0 Å². The lowest BCUT2D eigenvalue weighted by Gasteiger charge is -2.08. The summed E-state index contributed by atoms with van der Waals surface area (Å²) in [5.74, 6) is -0.883. The Morgan fingerprint density at radius 2 is 1.50 bits per heavy atom. The Hall–Kier alpha value is -3.02. The van der Waals surface area contributed by atoms with Crippen LogP contribution in [0.2, 0.25) is 0 Å². The van der Waals surface area contributed by atoms with Crippen LogP contribution in [-0.4, -0.2) is 35.1 Å². The molecule has 0 aromatic heterocycles. The molecule has 0 atom stereocenters. The van der Waals surface area contributed by atoms with Gasteiger partial charge >= 0.3 is 0 Å².